The minimum atomic E-state index is -0.0940. The molecular formula is C17H16N2O2. The molecule has 3 aromatic rings. The minimum Gasteiger partial charge on any atom is -0.436 e. The maximum absolute atomic E-state index is 11.2. The fraction of sp³-hybridized carbons (Fsp3) is 0.176. The Hall–Kier alpha value is -2.62. The van der Waals surface area contributed by atoms with Crippen LogP contribution < -0.4 is 5.32 Å². The monoisotopic (exact) mass is 280 g/mol. The van der Waals surface area contributed by atoms with Gasteiger partial charge in [-0.25, -0.2) is 4.98 Å². The van der Waals surface area contributed by atoms with Crippen LogP contribution in [0.3, 0.4) is 0 Å². The maximum atomic E-state index is 11.2. The van der Waals surface area contributed by atoms with E-state index in [0.29, 0.717) is 5.89 Å². The summed E-state index contributed by atoms with van der Waals surface area (Å²) in [5.41, 5.74) is 5.37. The molecule has 1 N–H and O–H groups in total. The summed E-state index contributed by atoms with van der Waals surface area (Å²) in [6, 6.07) is 11.7. The lowest BCUT2D eigenvalue weighted by atomic mass is 10.1. The van der Waals surface area contributed by atoms with Crippen molar-refractivity contribution in [2.45, 2.75) is 20.8 Å². The molecule has 0 atom stereocenters. The second-order valence-electron chi connectivity index (χ2n) is 5.20. The normalized spacial score (nSPS) is 10.8. The third kappa shape index (κ3) is 2.65. The fourth-order valence-corrected chi connectivity index (χ4v) is 2.24. The molecule has 1 amide bonds. The summed E-state index contributed by atoms with van der Waals surface area (Å²) < 4.78 is 5.79. The molecule has 21 heavy (non-hydrogen) atoms. The van der Waals surface area contributed by atoms with Crippen LogP contribution in [0.1, 0.15) is 18.1 Å². The van der Waals surface area contributed by atoms with E-state index in [0.717, 1.165) is 33.5 Å². The summed E-state index contributed by atoms with van der Waals surface area (Å²) in [4.78, 5) is 15.8. The standard InChI is InChI=1S/C17H16N2O2/c1-10-4-7-16-15(8-10)19-17(21-16)13-6-5-11(2)14(9-13)18-12(3)20/h4-9H,1-3H3,(H,18,20). The Morgan fingerprint density at radius 2 is 1.95 bits per heavy atom. The second-order valence-corrected chi connectivity index (χ2v) is 5.20. The Kier molecular flexibility index (Phi) is 3.22. The topological polar surface area (TPSA) is 55.1 Å². The number of amides is 1. The van der Waals surface area contributed by atoms with E-state index >= 15 is 0 Å². The summed E-state index contributed by atoms with van der Waals surface area (Å²) in [7, 11) is 0. The Labute approximate surface area is 122 Å². The number of rotatable bonds is 2. The van der Waals surface area contributed by atoms with Crippen molar-refractivity contribution < 1.29 is 9.21 Å². The number of carbonyl (C=O) groups excluding carboxylic acids is 1. The van der Waals surface area contributed by atoms with Crippen LogP contribution >= 0.6 is 0 Å². The van der Waals surface area contributed by atoms with Crippen molar-refractivity contribution in [3.63, 3.8) is 0 Å². The molecule has 4 nitrogen and oxygen atoms in total. The van der Waals surface area contributed by atoms with Crippen LogP contribution in [0.5, 0.6) is 0 Å². The smallest absolute Gasteiger partial charge is 0.227 e. The van der Waals surface area contributed by atoms with Crippen LogP contribution in [0.2, 0.25) is 0 Å². The molecule has 0 radical (unpaired) electrons. The van der Waals surface area contributed by atoms with Gasteiger partial charge >= 0.3 is 0 Å². The fourth-order valence-electron chi connectivity index (χ4n) is 2.24. The first-order valence-corrected chi connectivity index (χ1v) is 6.79. The number of carbonyl (C=O) groups is 1. The van der Waals surface area contributed by atoms with Gasteiger partial charge in [-0.15, -0.1) is 0 Å². The zero-order valence-electron chi connectivity index (χ0n) is 12.2. The first kappa shape index (κ1) is 13.4. The van der Waals surface area contributed by atoms with E-state index in [4.69, 9.17) is 4.42 Å². The first-order chi connectivity index (χ1) is 10.0. The molecule has 4 heteroatoms. The van der Waals surface area contributed by atoms with Gasteiger partial charge in [-0.05, 0) is 49.2 Å². The molecule has 0 spiro atoms. The lowest BCUT2D eigenvalue weighted by molar-refractivity contribution is -0.114. The largest absolute Gasteiger partial charge is 0.436 e. The molecule has 1 heterocycles. The number of nitrogens with one attached hydrogen (secondary N) is 1. The van der Waals surface area contributed by atoms with Gasteiger partial charge < -0.3 is 9.73 Å². The first-order valence-electron chi connectivity index (χ1n) is 6.79. The molecule has 2 aromatic carbocycles. The zero-order chi connectivity index (χ0) is 15.0. The van der Waals surface area contributed by atoms with Gasteiger partial charge in [0.1, 0.15) is 5.52 Å². The van der Waals surface area contributed by atoms with Crippen LogP contribution in [0.25, 0.3) is 22.6 Å². The Balaban J connectivity index is 2.07. The molecule has 0 aliphatic carbocycles. The van der Waals surface area contributed by atoms with Gasteiger partial charge in [0, 0.05) is 18.2 Å². The molecule has 0 saturated heterocycles. The van der Waals surface area contributed by atoms with E-state index in [1.54, 1.807) is 0 Å². The maximum Gasteiger partial charge on any atom is 0.227 e. The number of oxazole rings is 1. The van der Waals surface area contributed by atoms with Crippen molar-refractivity contribution in [2.75, 3.05) is 5.32 Å². The zero-order valence-corrected chi connectivity index (χ0v) is 12.2. The van der Waals surface area contributed by atoms with Gasteiger partial charge in [0.25, 0.3) is 0 Å². The van der Waals surface area contributed by atoms with Crippen LogP contribution in [-0.2, 0) is 4.79 Å². The van der Waals surface area contributed by atoms with Gasteiger partial charge in [0.2, 0.25) is 11.8 Å². The van der Waals surface area contributed by atoms with Crippen molar-refractivity contribution in [2.24, 2.45) is 0 Å². The van der Waals surface area contributed by atoms with Gasteiger partial charge in [-0.3, -0.25) is 4.79 Å². The average molecular weight is 280 g/mol. The number of nitrogens with zero attached hydrogens (tertiary/aromatic N) is 1. The molecule has 0 bridgehead atoms. The highest BCUT2D eigenvalue weighted by Gasteiger charge is 2.10. The molecule has 106 valence electrons. The molecule has 0 unspecified atom stereocenters. The summed E-state index contributed by atoms with van der Waals surface area (Å²) in [6.07, 6.45) is 0. The van der Waals surface area contributed by atoms with E-state index in [1.807, 2.05) is 50.2 Å². The van der Waals surface area contributed by atoms with Gasteiger partial charge in [-0.2, -0.15) is 0 Å². The molecule has 1 aromatic heterocycles. The van der Waals surface area contributed by atoms with Gasteiger partial charge in [0.15, 0.2) is 5.58 Å². The molecule has 3 rings (SSSR count). The van der Waals surface area contributed by atoms with E-state index in [2.05, 4.69) is 10.3 Å². The number of hydrogen-bond acceptors (Lipinski definition) is 3. The van der Waals surface area contributed by atoms with Crippen molar-refractivity contribution in [1.82, 2.24) is 4.98 Å². The lowest BCUT2D eigenvalue weighted by Gasteiger charge is -2.07. The minimum absolute atomic E-state index is 0.0940. The number of benzene rings is 2. The SMILES string of the molecule is CC(=O)Nc1cc(-c2nc3cc(C)ccc3o2)ccc1C. The molecule has 0 saturated carbocycles. The van der Waals surface area contributed by atoms with E-state index in [-0.39, 0.29) is 5.91 Å². The number of fused-ring (bicyclic) bond motifs is 1. The van der Waals surface area contributed by atoms with Crippen molar-refractivity contribution in [3.8, 4) is 11.5 Å². The number of hydrogen-bond donors (Lipinski definition) is 1. The number of aryl methyl sites for hydroxylation is 2. The highest BCUT2D eigenvalue weighted by molar-refractivity contribution is 5.90. The van der Waals surface area contributed by atoms with Crippen LogP contribution in [0, 0.1) is 13.8 Å². The predicted octanol–water partition coefficient (Wildman–Crippen LogP) is 4.07. The van der Waals surface area contributed by atoms with Gasteiger partial charge in [-0.1, -0.05) is 12.1 Å². The van der Waals surface area contributed by atoms with Crippen molar-refractivity contribution in [3.05, 3.63) is 47.5 Å². The van der Waals surface area contributed by atoms with E-state index < -0.39 is 0 Å². The summed E-state index contributed by atoms with van der Waals surface area (Å²) >= 11 is 0. The molecule has 0 fully saturated rings. The number of anilines is 1. The third-order valence-corrected chi connectivity index (χ3v) is 3.34. The highest BCUT2D eigenvalue weighted by Crippen LogP contribution is 2.28. The second kappa shape index (κ2) is 5.05. The molecule has 0 aliphatic rings. The summed E-state index contributed by atoms with van der Waals surface area (Å²) in [5, 5.41) is 2.82. The van der Waals surface area contributed by atoms with Crippen LogP contribution in [0.15, 0.2) is 40.8 Å². The van der Waals surface area contributed by atoms with Crippen molar-refractivity contribution >= 4 is 22.7 Å². The lowest BCUT2D eigenvalue weighted by Crippen LogP contribution is -2.07. The van der Waals surface area contributed by atoms with Gasteiger partial charge in [0.05, 0.1) is 0 Å². The van der Waals surface area contributed by atoms with Crippen LogP contribution in [-0.4, -0.2) is 10.9 Å². The quantitative estimate of drug-likeness (QED) is 0.769. The third-order valence-electron chi connectivity index (χ3n) is 3.34. The molecule has 0 aliphatic heterocycles. The van der Waals surface area contributed by atoms with Crippen LogP contribution in [0.4, 0.5) is 5.69 Å². The highest BCUT2D eigenvalue weighted by atomic mass is 16.3. The molecular weight excluding hydrogens is 264 g/mol. The predicted molar refractivity (Wildman–Crippen MR) is 83.2 cm³/mol. The average Bonchev–Trinajstić information content (AvgIpc) is 2.83. The summed E-state index contributed by atoms with van der Waals surface area (Å²) in [5.74, 6) is 0.464. The van der Waals surface area contributed by atoms with E-state index in [1.165, 1.54) is 6.92 Å². The summed E-state index contributed by atoms with van der Waals surface area (Å²) in [6.45, 7) is 5.47. The Bertz CT molecular complexity index is 834. The number of aromatic nitrogens is 1. The van der Waals surface area contributed by atoms with E-state index in [9.17, 15) is 4.79 Å². The Morgan fingerprint density at radius 1 is 1.14 bits per heavy atom. The Morgan fingerprint density at radius 3 is 2.71 bits per heavy atom. The van der Waals surface area contributed by atoms with Crippen molar-refractivity contribution in [1.29, 1.82) is 0 Å².